The molecule has 0 amide bonds. The summed E-state index contributed by atoms with van der Waals surface area (Å²) in [6.45, 7) is 0. The number of sulfone groups is 1. The first-order valence-corrected chi connectivity index (χ1v) is 5.86. The molecule has 0 bridgehead atoms. The van der Waals surface area contributed by atoms with Crippen molar-refractivity contribution in [2.24, 2.45) is 5.41 Å². The van der Waals surface area contributed by atoms with Crippen LogP contribution in [0.4, 0.5) is 0 Å². The zero-order chi connectivity index (χ0) is 8.11. The summed E-state index contributed by atoms with van der Waals surface area (Å²) in [5.74, 6) is 0. The Labute approximate surface area is 67.2 Å². The lowest BCUT2D eigenvalue weighted by atomic mass is 10.1. The van der Waals surface area contributed by atoms with E-state index in [1.807, 2.05) is 12.2 Å². The maximum atomic E-state index is 11.2. The average Bonchev–Trinajstić information content (AvgIpc) is 2.38. The largest absolute Gasteiger partial charge is 0.228 e. The summed E-state index contributed by atoms with van der Waals surface area (Å²) in [7, 11) is -2.83. The molecule has 0 radical (unpaired) electrons. The van der Waals surface area contributed by atoms with Crippen LogP contribution in [-0.2, 0) is 9.84 Å². The normalized spacial score (nSPS) is 33.0. The average molecular weight is 172 g/mol. The lowest BCUT2D eigenvalue weighted by Gasteiger charge is -2.14. The summed E-state index contributed by atoms with van der Waals surface area (Å²) in [6, 6.07) is 0. The summed E-state index contributed by atoms with van der Waals surface area (Å²) < 4.78 is 22.5. The highest BCUT2D eigenvalue weighted by Crippen LogP contribution is 2.57. The highest BCUT2D eigenvalue weighted by Gasteiger charge is 2.53. The van der Waals surface area contributed by atoms with E-state index in [2.05, 4.69) is 0 Å². The zero-order valence-electron chi connectivity index (χ0n) is 6.58. The SMILES string of the molecule is CS(=O)(=O)C1C=CCC12CC2. The van der Waals surface area contributed by atoms with Gasteiger partial charge in [0.05, 0.1) is 5.25 Å². The Morgan fingerprint density at radius 1 is 1.45 bits per heavy atom. The van der Waals surface area contributed by atoms with Gasteiger partial charge in [-0.3, -0.25) is 0 Å². The summed E-state index contributed by atoms with van der Waals surface area (Å²) in [6.07, 6.45) is 8.38. The van der Waals surface area contributed by atoms with Crippen LogP contribution in [-0.4, -0.2) is 19.9 Å². The van der Waals surface area contributed by atoms with Crippen molar-refractivity contribution in [2.45, 2.75) is 24.5 Å². The van der Waals surface area contributed by atoms with Crippen molar-refractivity contribution >= 4 is 9.84 Å². The molecule has 11 heavy (non-hydrogen) atoms. The third kappa shape index (κ3) is 1.02. The van der Waals surface area contributed by atoms with Crippen LogP contribution in [0.25, 0.3) is 0 Å². The smallest absolute Gasteiger partial charge is 0.154 e. The Morgan fingerprint density at radius 3 is 2.45 bits per heavy atom. The van der Waals surface area contributed by atoms with E-state index in [1.165, 1.54) is 6.26 Å². The monoisotopic (exact) mass is 172 g/mol. The van der Waals surface area contributed by atoms with Gasteiger partial charge < -0.3 is 0 Å². The second-order valence-corrected chi connectivity index (χ2v) is 5.91. The lowest BCUT2D eigenvalue weighted by Crippen LogP contribution is -2.24. The Balaban J connectivity index is 2.33. The van der Waals surface area contributed by atoms with Gasteiger partial charge in [-0.1, -0.05) is 12.2 Å². The third-order valence-electron chi connectivity index (χ3n) is 2.79. The quantitative estimate of drug-likeness (QED) is 0.556. The maximum absolute atomic E-state index is 11.2. The summed E-state index contributed by atoms with van der Waals surface area (Å²) in [5, 5.41) is -0.171. The van der Waals surface area contributed by atoms with E-state index in [1.54, 1.807) is 0 Å². The van der Waals surface area contributed by atoms with E-state index in [9.17, 15) is 8.42 Å². The minimum absolute atomic E-state index is 0.146. The summed E-state index contributed by atoms with van der Waals surface area (Å²) in [4.78, 5) is 0. The van der Waals surface area contributed by atoms with Crippen molar-refractivity contribution < 1.29 is 8.42 Å². The molecule has 1 spiro atoms. The van der Waals surface area contributed by atoms with Crippen LogP contribution in [0.3, 0.4) is 0 Å². The van der Waals surface area contributed by atoms with E-state index in [0.29, 0.717) is 0 Å². The van der Waals surface area contributed by atoms with Crippen molar-refractivity contribution in [1.29, 1.82) is 0 Å². The minimum atomic E-state index is -2.83. The molecule has 0 aliphatic heterocycles. The van der Waals surface area contributed by atoms with E-state index >= 15 is 0 Å². The van der Waals surface area contributed by atoms with Gasteiger partial charge in [0.1, 0.15) is 0 Å². The lowest BCUT2D eigenvalue weighted by molar-refractivity contribution is 0.525. The van der Waals surface area contributed by atoms with Gasteiger partial charge in [0, 0.05) is 6.26 Å². The molecule has 1 unspecified atom stereocenters. The fraction of sp³-hybridized carbons (Fsp3) is 0.750. The van der Waals surface area contributed by atoms with Crippen LogP contribution in [0.1, 0.15) is 19.3 Å². The third-order valence-corrected chi connectivity index (χ3v) is 4.37. The fourth-order valence-electron chi connectivity index (χ4n) is 1.99. The fourth-order valence-corrected chi connectivity index (χ4v) is 3.63. The molecule has 62 valence electrons. The van der Waals surface area contributed by atoms with Gasteiger partial charge in [-0.15, -0.1) is 0 Å². The molecule has 0 heterocycles. The Bertz CT molecular complexity index is 296. The second-order valence-electron chi connectivity index (χ2n) is 3.74. The first kappa shape index (κ1) is 7.35. The van der Waals surface area contributed by atoms with Crippen LogP contribution >= 0.6 is 0 Å². The van der Waals surface area contributed by atoms with E-state index < -0.39 is 9.84 Å². The molecule has 2 rings (SSSR count). The Hall–Kier alpha value is -0.310. The number of rotatable bonds is 1. The van der Waals surface area contributed by atoms with Gasteiger partial charge in [-0.25, -0.2) is 8.42 Å². The van der Waals surface area contributed by atoms with Crippen molar-refractivity contribution in [3.8, 4) is 0 Å². The van der Waals surface area contributed by atoms with Gasteiger partial charge in [0.15, 0.2) is 9.84 Å². The number of hydrogen-bond donors (Lipinski definition) is 0. The second kappa shape index (κ2) is 1.89. The first-order valence-electron chi connectivity index (χ1n) is 3.90. The molecule has 1 fully saturated rings. The molecule has 0 aromatic carbocycles. The van der Waals surface area contributed by atoms with E-state index in [-0.39, 0.29) is 10.7 Å². The maximum Gasteiger partial charge on any atom is 0.154 e. The molecule has 1 atom stereocenters. The standard InChI is InChI=1S/C8H12O2S/c1-11(9,10)7-3-2-4-8(7)5-6-8/h2-3,7H,4-6H2,1H3. The minimum Gasteiger partial charge on any atom is -0.228 e. The molecular weight excluding hydrogens is 160 g/mol. The van der Waals surface area contributed by atoms with Crippen LogP contribution in [0.2, 0.25) is 0 Å². The molecule has 0 N–H and O–H groups in total. The van der Waals surface area contributed by atoms with Gasteiger partial charge in [-0.2, -0.15) is 0 Å². The summed E-state index contributed by atoms with van der Waals surface area (Å²) in [5.41, 5.74) is 0.146. The Morgan fingerprint density at radius 2 is 2.09 bits per heavy atom. The molecule has 2 aliphatic carbocycles. The molecule has 1 saturated carbocycles. The predicted molar refractivity (Wildman–Crippen MR) is 44.1 cm³/mol. The van der Waals surface area contributed by atoms with Crippen molar-refractivity contribution in [2.75, 3.05) is 6.26 Å². The van der Waals surface area contributed by atoms with Crippen molar-refractivity contribution in [3.05, 3.63) is 12.2 Å². The topological polar surface area (TPSA) is 34.1 Å². The van der Waals surface area contributed by atoms with Crippen LogP contribution < -0.4 is 0 Å². The number of allylic oxidation sites excluding steroid dienone is 1. The van der Waals surface area contributed by atoms with Gasteiger partial charge in [-0.05, 0) is 24.7 Å². The van der Waals surface area contributed by atoms with E-state index in [0.717, 1.165) is 19.3 Å². The molecule has 3 heteroatoms. The molecule has 2 nitrogen and oxygen atoms in total. The zero-order valence-corrected chi connectivity index (χ0v) is 7.39. The van der Waals surface area contributed by atoms with Crippen LogP contribution in [0.5, 0.6) is 0 Å². The van der Waals surface area contributed by atoms with E-state index in [4.69, 9.17) is 0 Å². The van der Waals surface area contributed by atoms with Gasteiger partial charge in [0.25, 0.3) is 0 Å². The van der Waals surface area contributed by atoms with Crippen molar-refractivity contribution in [1.82, 2.24) is 0 Å². The molecule has 0 saturated heterocycles. The number of hydrogen-bond acceptors (Lipinski definition) is 2. The molecular formula is C8H12O2S. The Kier molecular flexibility index (Phi) is 1.26. The van der Waals surface area contributed by atoms with Crippen molar-refractivity contribution in [3.63, 3.8) is 0 Å². The predicted octanol–water partition coefficient (Wildman–Crippen LogP) is 1.14. The molecule has 2 aliphatic rings. The van der Waals surface area contributed by atoms with Gasteiger partial charge in [0.2, 0.25) is 0 Å². The first-order chi connectivity index (χ1) is 5.05. The van der Waals surface area contributed by atoms with Gasteiger partial charge >= 0.3 is 0 Å². The van der Waals surface area contributed by atoms with Crippen LogP contribution in [0.15, 0.2) is 12.2 Å². The summed E-state index contributed by atoms with van der Waals surface area (Å²) >= 11 is 0. The van der Waals surface area contributed by atoms with Crippen LogP contribution in [0, 0.1) is 5.41 Å². The molecule has 0 aromatic heterocycles. The highest BCUT2D eigenvalue weighted by atomic mass is 32.2. The molecule has 0 aromatic rings. The highest BCUT2D eigenvalue weighted by molar-refractivity contribution is 7.91.